The quantitative estimate of drug-likeness (QED) is 0.255. The third-order valence-electron chi connectivity index (χ3n) is 1.12. The standard InChI is InChI=1S/C6H13N3O2/c1-8-6(7)9-4-2-3-5(10)11/h2-4H2,1H3,(H,10,11)(H3,7,8,9). The van der Waals surface area contributed by atoms with E-state index in [2.05, 4.69) is 10.6 Å². The lowest BCUT2D eigenvalue weighted by Gasteiger charge is -2.04. The van der Waals surface area contributed by atoms with E-state index in [0.717, 1.165) is 0 Å². The Labute approximate surface area is 65.3 Å². The summed E-state index contributed by atoms with van der Waals surface area (Å²) in [6.07, 6.45) is 0.684. The SMILES string of the molecule is CNC(=N)NCCCC(=O)O. The minimum Gasteiger partial charge on any atom is -0.481 e. The van der Waals surface area contributed by atoms with Crippen LogP contribution in [0.1, 0.15) is 12.8 Å². The van der Waals surface area contributed by atoms with Gasteiger partial charge in [0.15, 0.2) is 5.96 Å². The molecule has 0 radical (unpaired) electrons. The van der Waals surface area contributed by atoms with Crippen LogP contribution in [0.2, 0.25) is 0 Å². The van der Waals surface area contributed by atoms with Gasteiger partial charge < -0.3 is 15.7 Å². The van der Waals surface area contributed by atoms with E-state index < -0.39 is 5.97 Å². The Balaban J connectivity index is 3.14. The number of guanidine groups is 1. The zero-order chi connectivity index (χ0) is 8.69. The molecule has 5 nitrogen and oxygen atoms in total. The van der Waals surface area contributed by atoms with Crippen LogP contribution in [0.4, 0.5) is 0 Å². The lowest BCUT2D eigenvalue weighted by molar-refractivity contribution is -0.137. The fourth-order valence-electron chi connectivity index (χ4n) is 0.541. The van der Waals surface area contributed by atoms with E-state index in [-0.39, 0.29) is 12.4 Å². The van der Waals surface area contributed by atoms with Crippen LogP contribution in [-0.2, 0) is 4.79 Å². The summed E-state index contributed by atoms with van der Waals surface area (Å²) in [5, 5.41) is 20.6. The Bertz CT molecular complexity index is 147. The number of hydrogen-bond acceptors (Lipinski definition) is 2. The molecule has 0 spiro atoms. The first-order valence-corrected chi connectivity index (χ1v) is 3.38. The predicted molar refractivity (Wildman–Crippen MR) is 41.7 cm³/mol. The predicted octanol–water partition coefficient (Wildman–Crippen LogP) is -0.405. The molecule has 0 aliphatic carbocycles. The number of rotatable bonds is 4. The molecule has 0 aromatic rings. The van der Waals surface area contributed by atoms with Gasteiger partial charge in [0.2, 0.25) is 0 Å². The molecule has 0 heterocycles. The van der Waals surface area contributed by atoms with E-state index in [1.807, 2.05) is 0 Å². The molecular weight excluding hydrogens is 146 g/mol. The number of carboxylic acids is 1. The summed E-state index contributed by atoms with van der Waals surface area (Å²) < 4.78 is 0. The van der Waals surface area contributed by atoms with Crippen LogP contribution >= 0.6 is 0 Å². The summed E-state index contributed by atoms with van der Waals surface area (Å²) in [7, 11) is 1.63. The molecule has 0 aromatic carbocycles. The Morgan fingerprint density at radius 3 is 2.73 bits per heavy atom. The second kappa shape index (κ2) is 5.52. The molecule has 0 aliphatic rings. The van der Waals surface area contributed by atoms with E-state index in [0.29, 0.717) is 13.0 Å². The molecule has 0 amide bonds. The van der Waals surface area contributed by atoms with E-state index in [1.54, 1.807) is 7.05 Å². The summed E-state index contributed by atoms with van der Waals surface area (Å²) >= 11 is 0. The normalized spacial score (nSPS) is 8.82. The highest BCUT2D eigenvalue weighted by atomic mass is 16.4. The summed E-state index contributed by atoms with van der Waals surface area (Å²) in [5.41, 5.74) is 0. The van der Waals surface area contributed by atoms with Crippen LogP contribution in [-0.4, -0.2) is 30.6 Å². The average molecular weight is 159 g/mol. The Kier molecular flexibility index (Phi) is 4.89. The molecule has 0 saturated heterocycles. The summed E-state index contributed by atoms with van der Waals surface area (Å²) in [6, 6.07) is 0. The second-order valence-corrected chi connectivity index (χ2v) is 2.05. The van der Waals surface area contributed by atoms with Crippen LogP contribution in [0.3, 0.4) is 0 Å². The molecule has 0 bridgehead atoms. The van der Waals surface area contributed by atoms with Crippen molar-refractivity contribution in [2.75, 3.05) is 13.6 Å². The maximum Gasteiger partial charge on any atom is 0.303 e. The molecule has 0 aromatic heterocycles. The van der Waals surface area contributed by atoms with Crippen molar-refractivity contribution >= 4 is 11.9 Å². The van der Waals surface area contributed by atoms with Crippen molar-refractivity contribution in [1.29, 1.82) is 5.41 Å². The minimum absolute atomic E-state index is 0.143. The van der Waals surface area contributed by atoms with Crippen LogP contribution in [0.5, 0.6) is 0 Å². The first-order valence-electron chi connectivity index (χ1n) is 3.38. The Hall–Kier alpha value is -1.26. The maximum atomic E-state index is 10.0. The monoisotopic (exact) mass is 159 g/mol. The molecule has 0 rings (SSSR count). The minimum atomic E-state index is -0.803. The number of carbonyl (C=O) groups is 1. The van der Waals surface area contributed by atoms with Crippen molar-refractivity contribution in [2.24, 2.45) is 0 Å². The lowest BCUT2D eigenvalue weighted by Crippen LogP contribution is -2.34. The zero-order valence-electron chi connectivity index (χ0n) is 6.48. The van der Waals surface area contributed by atoms with Gasteiger partial charge >= 0.3 is 5.97 Å². The number of carboxylic acid groups (broad SMARTS) is 1. The van der Waals surface area contributed by atoms with Gasteiger partial charge in [0, 0.05) is 20.0 Å². The number of aliphatic carboxylic acids is 1. The first kappa shape index (κ1) is 9.74. The summed E-state index contributed by atoms with van der Waals surface area (Å²) in [6.45, 7) is 0.520. The molecule has 4 N–H and O–H groups in total. The van der Waals surface area contributed by atoms with Crippen LogP contribution in [0.15, 0.2) is 0 Å². The van der Waals surface area contributed by atoms with E-state index >= 15 is 0 Å². The van der Waals surface area contributed by atoms with E-state index in [4.69, 9.17) is 10.5 Å². The van der Waals surface area contributed by atoms with Gasteiger partial charge in [0.25, 0.3) is 0 Å². The lowest BCUT2D eigenvalue weighted by atomic mass is 10.3. The summed E-state index contributed by atoms with van der Waals surface area (Å²) in [5.74, 6) is -0.585. The molecule has 5 heteroatoms. The van der Waals surface area contributed by atoms with Crippen molar-refractivity contribution in [2.45, 2.75) is 12.8 Å². The van der Waals surface area contributed by atoms with Gasteiger partial charge in [-0.15, -0.1) is 0 Å². The molecule has 0 saturated carbocycles. The van der Waals surface area contributed by atoms with Crippen molar-refractivity contribution in [3.05, 3.63) is 0 Å². The van der Waals surface area contributed by atoms with Crippen molar-refractivity contribution in [1.82, 2.24) is 10.6 Å². The fourth-order valence-corrected chi connectivity index (χ4v) is 0.541. The molecule has 0 fully saturated rings. The van der Waals surface area contributed by atoms with Gasteiger partial charge in [0.1, 0.15) is 0 Å². The molecule has 0 atom stereocenters. The van der Waals surface area contributed by atoms with Gasteiger partial charge in [0.05, 0.1) is 0 Å². The largest absolute Gasteiger partial charge is 0.481 e. The highest BCUT2D eigenvalue weighted by molar-refractivity contribution is 5.76. The second-order valence-electron chi connectivity index (χ2n) is 2.05. The third-order valence-corrected chi connectivity index (χ3v) is 1.12. The van der Waals surface area contributed by atoms with Crippen molar-refractivity contribution < 1.29 is 9.90 Å². The van der Waals surface area contributed by atoms with Gasteiger partial charge in [-0.25, -0.2) is 0 Å². The number of nitrogens with one attached hydrogen (secondary N) is 3. The third kappa shape index (κ3) is 6.63. The molecule has 11 heavy (non-hydrogen) atoms. The molecule has 0 unspecified atom stereocenters. The Morgan fingerprint density at radius 1 is 1.64 bits per heavy atom. The molecule has 64 valence electrons. The maximum absolute atomic E-state index is 10.0. The first-order chi connectivity index (χ1) is 5.16. The highest BCUT2D eigenvalue weighted by Gasteiger charge is 1.95. The van der Waals surface area contributed by atoms with Crippen molar-refractivity contribution in [3.8, 4) is 0 Å². The van der Waals surface area contributed by atoms with Gasteiger partial charge in [-0.1, -0.05) is 0 Å². The topological polar surface area (TPSA) is 85.2 Å². The van der Waals surface area contributed by atoms with Gasteiger partial charge in [-0.05, 0) is 6.42 Å². The van der Waals surface area contributed by atoms with Gasteiger partial charge in [-0.3, -0.25) is 10.2 Å². The smallest absolute Gasteiger partial charge is 0.303 e. The number of hydrogen-bond donors (Lipinski definition) is 4. The molecular formula is C6H13N3O2. The highest BCUT2D eigenvalue weighted by Crippen LogP contribution is 1.84. The van der Waals surface area contributed by atoms with Gasteiger partial charge in [-0.2, -0.15) is 0 Å². The van der Waals surface area contributed by atoms with Crippen LogP contribution in [0.25, 0.3) is 0 Å². The van der Waals surface area contributed by atoms with E-state index in [1.165, 1.54) is 0 Å². The van der Waals surface area contributed by atoms with Crippen LogP contribution in [0, 0.1) is 5.41 Å². The summed E-state index contributed by atoms with van der Waals surface area (Å²) in [4.78, 5) is 10.0. The fraction of sp³-hybridized carbons (Fsp3) is 0.667. The molecule has 0 aliphatic heterocycles. The van der Waals surface area contributed by atoms with E-state index in [9.17, 15) is 4.79 Å². The zero-order valence-corrected chi connectivity index (χ0v) is 6.48. The average Bonchev–Trinajstić information content (AvgIpc) is 1.97. The van der Waals surface area contributed by atoms with Crippen molar-refractivity contribution in [3.63, 3.8) is 0 Å². The Morgan fingerprint density at radius 2 is 2.27 bits per heavy atom. The van der Waals surface area contributed by atoms with Crippen LogP contribution < -0.4 is 10.6 Å².